The summed E-state index contributed by atoms with van der Waals surface area (Å²) in [5.74, 6) is -9.84. The van der Waals surface area contributed by atoms with Gasteiger partial charge in [-0.25, -0.2) is 22.0 Å². The van der Waals surface area contributed by atoms with Crippen molar-refractivity contribution in [2.24, 2.45) is 0 Å². The fourth-order valence-corrected chi connectivity index (χ4v) is 4.95. The molecule has 0 aromatic heterocycles. The minimum Gasteiger partial charge on any atom is -0.496 e. The van der Waals surface area contributed by atoms with E-state index in [4.69, 9.17) is 16.3 Å². The first kappa shape index (κ1) is 26.6. The normalized spacial score (nSPS) is 13.6. The number of piperazine rings is 1. The number of ether oxygens (including phenoxy) is 1. The average molecular weight is 562 g/mol. The molecule has 1 fully saturated rings. The quantitative estimate of drug-likeness (QED) is 0.166. The first-order valence-corrected chi connectivity index (χ1v) is 12.3. The van der Waals surface area contributed by atoms with Crippen LogP contribution in [0.25, 0.3) is 10.8 Å². The molecule has 4 aromatic rings. The maximum absolute atomic E-state index is 14.2. The summed E-state index contributed by atoms with van der Waals surface area (Å²) in [5, 5.41) is 4.92. The molecule has 1 aliphatic rings. The molecule has 0 bridgehead atoms. The summed E-state index contributed by atoms with van der Waals surface area (Å²) in [4.78, 5) is 16.0. The largest absolute Gasteiger partial charge is 0.496 e. The minimum absolute atomic E-state index is 0.00503. The van der Waals surface area contributed by atoms with Crippen LogP contribution in [-0.2, 0) is 0 Å². The number of benzene rings is 4. The van der Waals surface area contributed by atoms with Crippen molar-refractivity contribution in [2.45, 2.75) is 0 Å². The van der Waals surface area contributed by atoms with Crippen molar-refractivity contribution < 1.29 is 31.5 Å². The van der Waals surface area contributed by atoms with Crippen LogP contribution in [0.5, 0.6) is 5.75 Å². The van der Waals surface area contributed by atoms with E-state index in [1.54, 1.807) is 30.3 Å². The Balaban J connectivity index is 1.30. The number of methoxy groups -OCH3 is 1. The van der Waals surface area contributed by atoms with E-state index in [2.05, 4.69) is 5.32 Å². The summed E-state index contributed by atoms with van der Waals surface area (Å²) >= 11 is 6.50. The van der Waals surface area contributed by atoms with Crippen molar-refractivity contribution in [1.82, 2.24) is 0 Å². The van der Waals surface area contributed by atoms with Gasteiger partial charge >= 0.3 is 0 Å². The van der Waals surface area contributed by atoms with Crippen molar-refractivity contribution in [3.05, 3.63) is 94.3 Å². The van der Waals surface area contributed by atoms with Crippen LogP contribution in [0.15, 0.2) is 54.6 Å². The van der Waals surface area contributed by atoms with Crippen LogP contribution in [0.4, 0.5) is 39.0 Å². The number of carbonyl (C=O) groups is 1. The first-order valence-electron chi connectivity index (χ1n) is 11.9. The van der Waals surface area contributed by atoms with Crippen LogP contribution in [0.3, 0.4) is 0 Å². The molecule has 0 aliphatic carbocycles. The third kappa shape index (κ3) is 4.92. The van der Waals surface area contributed by atoms with Gasteiger partial charge in [0.05, 0.1) is 23.4 Å². The molecule has 5 nitrogen and oxygen atoms in total. The molecule has 39 heavy (non-hydrogen) atoms. The molecule has 1 aliphatic heterocycles. The second-order valence-electron chi connectivity index (χ2n) is 8.91. The van der Waals surface area contributed by atoms with Gasteiger partial charge in [0.25, 0.3) is 5.91 Å². The van der Waals surface area contributed by atoms with Gasteiger partial charge in [0.1, 0.15) is 11.4 Å². The maximum atomic E-state index is 14.2. The topological polar surface area (TPSA) is 44.8 Å². The Labute approximate surface area is 225 Å². The van der Waals surface area contributed by atoms with Crippen LogP contribution in [0, 0.1) is 29.1 Å². The molecule has 0 spiro atoms. The van der Waals surface area contributed by atoms with E-state index in [0.29, 0.717) is 27.7 Å². The van der Waals surface area contributed by atoms with Crippen LogP contribution in [0.1, 0.15) is 10.4 Å². The molecule has 0 unspecified atom stereocenters. The molecule has 1 saturated heterocycles. The summed E-state index contributed by atoms with van der Waals surface area (Å²) in [5.41, 5.74) is 0.430. The Kier molecular flexibility index (Phi) is 7.22. The number of hydrogen-bond acceptors (Lipinski definition) is 4. The zero-order valence-corrected chi connectivity index (χ0v) is 21.3. The molecule has 5 rings (SSSR count). The number of amides is 1. The average Bonchev–Trinajstić information content (AvgIpc) is 2.95. The zero-order valence-electron chi connectivity index (χ0n) is 20.5. The van der Waals surface area contributed by atoms with Gasteiger partial charge in [-0.3, -0.25) is 4.79 Å². The molecule has 11 heteroatoms. The standard InChI is InChI=1S/C28H21ClF5N3O2/c1-39-21-13-16-5-3-2-4-15(16)12-18(21)28(38)35-17-6-7-20(19(29)14-17)36-8-10-37(11-9-36)27-25(33)23(31)22(30)24(32)26(27)34/h2-7,12-14H,8-11H2,1H3,(H,35,38). The highest BCUT2D eigenvalue weighted by Gasteiger charge is 2.31. The van der Waals surface area contributed by atoms with E-state index in [9.17, 15) is 26.7 Å². The Morgan fingerprint density at radius 3 is 1.95 bits per heavy atom. The van der Waals surface area contributed by atoms with Crippen LogP contribution >= 0.6 is 11.6 Å². The third-order valence-corrected chi connectivity index (χ3v) is 6.94. The minimum atomic E-state index is -2.19. The molecule has 202 valence electrons. The lowest BCUT2D eigenvalue weighted by atomic mass is 10.1. The molecule has 0 radical (unpaired) electrons. The molecule has 0 saturated carbocycles. The molecule has 1 N–H and O–H groups in total. The van der Waals surface area contributed by atoms with E-state index in [1.165, 1.54) is 7.11 Å². The van der Waals surface area contributed by atoms with Gasteiger partial charge < -0.3 is 19.9 Å². The number of hydrogen-bond donors (Lipinski definition) is 1. The summed E-state index contributed by atoms with van der Waals surface area (Å²) < 4.78 is 74.6. The highest BCUT2D eigenvalue weighted by molar-refractivity contribution is 6.33. The summed E-state index contributed by atoms with van der Waals surface area (Å²) in [6.07, 6.45) is 0. The number of nitrogens with one attached hydrogen (secondary N) is 1. The van der Waals surface area contributed by atoms with Gasteiger partial charge in [0.2, 0.25) is 5.82 Å². The second kappa shape index (κ2) is 10.6. The van der Waals surface area contributed by atoms with Gasteiger partial charge in [-0.05, 0) is 41.1 Å². The van der Waals surface area contributed by atoms with E-state index in [-0.39, 0.29) is 26.2 Å². The Morgan fingerprint density at radius 2 is 1.36 bits per heavy atom. The van der Waals surface area contributed by atoms with E-state index < -0.39 is 40.7 Å². The lowest BCUT2D eigenvalue weighted by Crippen LogP contribution is -2.47. The Morgan fingerprint density at radius 1 is 0.795 bits per heavy atom. The molecule has 0 atom stereocenters. The van der Waals surface area contributed by atoms with Crippen molar-refractivity contribution in [1.29, 1.82) is 0 Å². The van der Waals surface area contributed by atoms with Crippen LogP contribution in [0.2, 0.25) is 5.02 Å². The van der Waals surface area contributed by atoms with Gasteiger partial charge in [-0.15, -0.1) is 0 Å². The molecule has 4 aromatic carbocycles. The zero-order chi connectivity index (χ0) is 27.8. The summed E-state index contributed by atoms with van der Waals surface area (Å²) in [6, 6.07) is 16.0. The van der Waals surface area contributed by atoms with Crippen molar-refractivity contribution in [3.8, 4) is 5.75 Å². The van der Waals surface area contributed by atoms with E-state index in [0.717, 1.165) is 15.7 Å². The monoisotopic (exact) mass is 561 g/mol. The predicted molar refractivity (Wildman–Crippen MR) is 141 cm³/mol. The molecule has 1 amide bonds. The number of nitrogens with zero attached hydrogens (tertiary/aromatic N) is 2. The Hall–Kier alpha value is -4.05. The smallest absolute Gasteiger partial charge is 0.259 e. The fraction of sp³-hybridized carbons (Fsp3) is 0.179. The highest BCUT2D eigenvalue weighted by Crippen LogP contribution is 2.34. The number of anilines is 3. The van der Waals surface area contributed by atoms with Gasteiger partial charge in [0, 0.05) is 31.9 Å². The number of halogens is 6. The second-order valence-corrected chi connectivity index (χ2v) is 9.32. The number of rotatable bonds is 5. The third-order valence-electron chi connectivity index (χ3n) is 6.64. The number of carbonyl (C=O) groups excluding carboxylic acids is 1. The summed E-state index contributed by atoms with van der Waals surface area (Å²) in [6.45, 7) is 0.405. The van der Waals surface area contributed by atoms with Crippen LogP contribution in [-0.4, -0.2) is 39.2 Å². The lowest BCUT2D eigenvalue weighted by molar-refractivity contribution is 0.102. The first-order chi connectivity index (χ1) is 18.7. The number of fused-ring (bicyclic) bond motifs is 1. The Bertz CT molecular complexity index is 1560. The molecule has 1 heterocycles. The maximum Gasteiger partial charge on any atom is 0.259 e. The highest BCUT2D eigenvalue weighted by atomic mass is 35.5. The fourth-order valence-electron chi connectivity index (χ4n) is 4.65. The summed E-state index contributed by atoms with van der Waals surface area (Å²) in [7, 11) is 1.48. The van der Waals surface area contributed by atoms with E-state index in [1.807, 2.05) is 29.2 Å². The van der Waals surface area contributed by atoms with Crippen molar-refractivity contribution in [2.75, 3.05) is 48.4 Å². The SMILES string of the molecule is COc1cc2ccccc2cc1C(=O)Nc1ccc(N2CCN(c3c(F)c(F)c(F)c(F)c3F)CC2)c(Cl)c1. The lowest BCUT2D eigenvalue weighted by Gasteiger charge is -2.38. The van der Waals surface area contributed by atoms with Gasteiger partial charge in [-0.2, -0.15) is 0 Å². The van der Waals surface area contributed by atoms with Crippen molar-refractivity contribution >= 4 is 45.3 Å². The van der Waals surface area contributed by atoms with Crippen LogP contribution < -0.4 is 19.9 Å². The van der Waals surface area contributed by atoms with Crippen molar-refractivity contribution in [3.63, 3.8) is 0 Å². The predicted octanol–water partition coefficient (Wildman–Crippen LogP) is 6.78. The van der Waals surface area contributed by atoms with Gasteiger partial charge in [-0.1, -0.05) is 35.9 Å². The molecular weight excluding hydrogens is 541 g/mol. The van der Waals surface area contributed by atoms with Gasteiger partial charge in [0.15, 0.2) is 23.3 Å². The molecular formula is C28H21ClF5N3O2. The van der Waals surface area contributed by atoms with E-state index >= 15 is 0 Å².